The third-order valence-corrected chi connectivity index (χ3v) is 6.84. The van der Waals surface area contributed by atoms with Crippen LogP contribution < -0.4 is 18.9 Å². The fourth-order valence-electron chi connectivity index (χ4n) is 5.00. The molecule has 158 valence electrons. The van der Waals surface area contributed by atoms with Crippen molar-refractivity contribution in [2.45, 2.75) is 37.4 Å². The van der Waals surface area contributed by atoms with Gasteiger partial charge in [-0.05, 0) is 37.1 Å². The Morgan fingerprint density at radius 3 is 2.63 bits per heavy atom. The summed E-state index contributed by atoms with van der Waals surface area (Å²) < 4.78 is 22.7. The number of aliphatic hydroxyl groups excluding tert-OH is 1. The molecule has 5 rings (SSSR count). The quantitative estimate of drug-likeness (QED) is 0.733. The third kappa shape index (κ3) is 2.53. The van der Waals surface area contributed by atoms with Gasteiger partial charge < -0.3 is 29.2 Å². The van der Waals surface area contributed by atoms with Crippen LogP contribution in [0.1, 0.15) is 36.1 Å². The standard InChI is InChI=1S/C24H26O6/c1-12(2)18-7-15-17(30-18)6-5-14(22(15)25)23(26)24-10-13(24)11-29-19-9-21(28-4)20(27-3)8-16(19)24/h5-6,8-9,13,18,23,25-26H,1,7,10-11H2,2-4H3/t13?,18-,23+,24?/m1/s1. The van der Waals surface area contributed by atoms with Crippen LogP contribution in [0.5, 0.6) is 28.7 Å². The fourth-order valence-corrected chi connectivity index (χ4v) is 5.00. The Kier molecular flexibility index (Phi) is 4.19. The molecule has 2 unspecified atom stereocenters. The molecule has 0 radical (unpaired) electrons. The number of benzene rings is 2. The largest absolute Gasteiger partial charge is 0.507 e. The molecule has 1 saturated carbocycles. The number of aliphatic hydroxyl groups is 1. The third-order valence-electron chi connectivity index (χ3n) is 6.84. The van der Waals surface area contributed by atoms with Crippen molar-refractivity contribution in [3.8, 4) is 28.7 Å². The smallest absolute Gasteiger partial charge is 0.164 e. The first kappa shape index (κ1) is 19.1. The predicted molar refractivity (Wildman–Crippen MR) is 111 cm³/mol. The van der Waals surface area contributed by atoms with Crippen LogP contribution >= 0.6 is 0 Å². The lowest BCUT2D eigenvalue weighted by Gasteiger charge is -2.31. The maximum atomic E-state index is 11.5. The monoisotopic (exact) mass is 410 g/mol. The molecule has 0 aromatic heterocycles. The highest BCUT2D eigenvalue weighted by molar-refractivity contribution is 5.60. The van der Waals surface area contributed by atoms with Gasteiger partial charge in [-0.25, -0.2) is 0 Å². The van der Waals surface area contributed by atoms with E-state index in [-0.39, 0.29) is 17.8 Å². The zero-order valence-electron chi connectivity index (χ0n) is 17.4. The van der Waals surface area contributed by atoms with Gasteiger partial charge in [-0.15, -0.1) is 0 Å². The van der Waals surface area contributed by atoms with Crippen LogP contribution in [0.15, 0.2) is 36.4 Å². The van der Waals surface area contributed by atoms with E-state index in [1.165, 1.54) is 0 Å². The second kappa shape index (κ2) is 6.57. The number of hydrogen-bond acceptors (Lipinski definition) is 6. The highest BCUT2D eigenvalue weighted by Gasteiger charge is 2.64. The van der Waals surface area contributed by atoms with Crippen LogP contribution in [-0.4, -0.2) is 37.1 Å². The molecule has 2 aliphatic heterocycles. The zero-order valence-corrected chi connectivity index (χ0v) is 17.4. The summed E-state index contributed by atoms with van der Waals surface area (Å²) in [4.78, 5) is 0. The molecule has 2 aromatic rings. The van der Waals surface area contributed by atoms with E-state index in [0.717, 1.165) is 23.1 Å². The number of fused-ring (bicyclic) bond motifs is 4. The van der Waals surface area contributed by atoms with Gasteiger partial charge in [0, 0.05) is 40.5 Å². The summed E-state index contributed by atoms with van der Waals surface area (Å²) in [6, 6.07) is 7.30. The van der Waals surface area contributed by atoms with Crippen LogP contribution in [0.3, 0.4) is 0 Å². The molecular weight excluding hydrogens is 384 g/mol. The number of phenols is 1. The molecule has 0 saturated heterocycles. The van der Waals surface area contributed by atoms with Crippen molar-refractivity contribution in [1.82, 2.24) is 0 Å². The first-order valence-corrected chi connectivity index (χ1v) is 10.1. The van der Waals surface area contributed by atoms with Crippen molar-refractivity contribution in [1.29, 1.82) is 0 Å². The Balaban J connectivity index is 1.56. The van der Waals surface area contributed by atoms with Crippen molar-refractivity contribution in [2.24, 2.45) is 5.92 Å². The predicted octanol–water partition coefficient (Wildman–Crippen LogP) is 3.67. The van der Waals surface area contributed by atoms with Gasteiger partial charge in [-0.2, -0.15) is 0 Å². The van der Waals surface area contributed by atoms with Crippen molar-refractivity contribution in [3.63, 3.8) is 0 Å². The lowest BCUT2D eigenvalue weighted by molar-refractivity contribution is 0.103. The van der Waals surface area contributed by atoms with E-state index < -0.39 is 11.5 Å². The molecule has 2 aromatic carbocycles. The molecule has 2 heterocycles. The molecule has 1 fully saturated rings. The first-order chi connectivity index (χ1) is 14.4. The molecule has 4 atom stereocenters. The summed E-state index contributed by atoms with van der Waals surface area (Å²) in [5, 5.41) is 22.6. The minimum Gasteiger partial charge on any atom is -0.507 e. The average Bonchev–Trinajstić information content (AvgIpc) is 3.34. The molecule has 30 heavy (non-hydrogen) atoms. The number of aromatic hydroxyl groups is 1. The molecule has 0 bridgehead atoms. The van der Waals surface area contributed by atoms with Gasteiger partial charge in [0.2, 0.25) is 0 Å². The maximum Gasteiger partial charge on any atom is 0.164 e. The van der Waals surface area contributed by atoms with Crippen LogP contribution in [0.25, 0.3) is 0 Å². The Labute approximate surface area is 175 Å². The number of ether oxygens (including phenoxy) is 4. The summed E-state index contributed by atoms with van der Waals surface area (Å²) in [5.74, 6) is 2.80. The van der Waals surface area contributed by atoms with Crippen molar-refractivity contribution < 1.29 is 29.2 Å². The molecule has 2 N–H and O–H groups in total. The van der Waals surface area contributed by atoms with Gasteiger partial charge in [-0.1, -0.05) is 6.58 Å². The normalized spacial score (nSPS) is 26.4. The van der Waals surface area contributed by atoms with Gasteiger partial charge in [0.15, 0.2) is 11.5 Å². The topological polar surface area (TPSA) is 77.4 Å². The zero-order chi connectivity index (χ0) is 21.2. The highest BCUT2D eigenvalue weighted by atomic mass is 16.5. The number of hydrogen-bond donors (Lipinski definition) is 2. The Morgan fingerprint density at radius 2 is 1.93 bits per heavy atom. The van der Waals surface area contributed by atoms with Crippen molar-refractivity contribution in [3.05, 3.63) is 53.1 Å². The van der Waals surface area contributed by atoms with E-state index in [1.807, 2.05) is 25.1 Å². The minimum atomic E-state index is -0.877. The maximum absolute atomic E-state index is 11.5. The van der Waals surface area contributed by atoms with Gasteiger partial charge in [0.05, 0.1) is 26.9 Å². The van der Waals surface area contributed by atoms with E-state index in [2.05, 4.69) is 6.58 Å². The first-order valence-electron chi connectivity index (χ1n) is 10.1. The van der Waals surface area contributed by atoms with Crippen LogP contribution in [0, 0.1) is 5.92 Å². The molecule has 0 spiro atoms. The van der Waals surface area contributed by atoms with E-state index >= 15 is 0 Å². The molecule has 6 heteroatoms. The van der Waals surface area contributed by atoms with Crippen LogP contribution in [-0.2, 0) is 11.8 Å². The van der Waals surface area contributed by atoms with E-state index in [9.17, 15) is 10.2 Å². The second-order valence-electron chi connectivity index (χ2n) is 8.50. The lowest BCUT2D eigenvalue weighted by Crippen LogP contribution is -2.28. The van der Waals surface area contributed by atoms with Crippen molar-refractivity contribution >= 4 is 0 Å². The highest BCUT2D eigenvalue weighted by Crippen LogP contribution is 2.67. The summed E-state index contributed by atoms with van der Waals surface area (Å²) in [7, 11) is 3.17. The lowest BCUT2D eigenvalue weighted by atomic mass is 9.81. The number of phenolic OH excluding ortho intramolecular Hbond substituents is 1. The molecule has 1 aliphatic carbocycles. The summed E-state index contributed by atoms with van der Waals surface area (Å²) >= 11 is 0. The Hall–Kier alpha value is -2.86. The van der Waals surface area contributed by atoms with E-state index in [1.54, 1.807) is 20.3 Å². The van der Waals surface area contributed by atoms with Crippen molar-refractivity contribution in [2.75, 3.05) is 20.8 Å². The van der Waals surface area contributed by atoms with Crippen LogP contribution in [0.4, 0.5) is 0 Å². The minimum absolute atomic E-state index is 0.109. The molecular formula is C24H26O6. The van der Waals surface area contributed by atoms with E-state index in [0.29, 0.717) is 41.6 Å². The van der Waals surface area contributed by atoms with Crippen LogP contribution in [0.2, 0.25) is 0 Å². The van der Waals surface area contributed by atoms with Gasteiger partial charge in [-0.3, -0.25) is 0 Å². The number of rotatable bonds is 5. The Morgan fingerprint density at radius 1 is 1.20 bits per heavy atom. The van der Waals surface area contributed by atoms with E-state index in [4.69, 9.17) is 18.9 Å². The Bertz CT molecular complexity index is 1040. The SMILES string of the molecule is C=C(C)[C@H]1Cc2c(ccc([C@H](O)C34CC3COc3cc(OC)c(OC)cc34)c2O)O1. The molecule has 6 nitrogen and oxygen atoms in total. The summed E-state index contributed by atoms with van der Waals surface area (Å²) in [5.41, 5.74) is 2.52. The summed E-state index contributed by atoms with van der Waals surface area (Å²) in [6.07, 6.45) is 0.305. The number of methoxy groups -OCH3 is 2. The summed E-state index contributed by atoms with van der Waals surface area (Å²) in [6.45, 7) is 6.40. The van der Waals surface area contributed by atoms with Gasteiger partial charge in [0.25, 0.3) is 0 Å². The van der Waals surface area contributed by atoms with Gasteiger partial charge >= 0.3 is 0 Å². The average molecular weight is 410 g/mol. The molecule has 3 aliphatic rings. The van der Waals surface area contributed by atoms with Gasteiger partial charge in [0.1, 0.15) is 23.4 Å². The molecule has 0 amide bonds. The second-order valence-corrected chi connectivity index (χ2v) is 8.50. The fraction of sp³-hybridized carbons (Fsp3) is 0.417.